The van der Waals surface area contributed by atoms with Gasteiger partial charge in [0.1, 0.15) is 6.54 Å². The summed E-state index contributed by atoms with van der Waals surface area (Å²) in [5.74, 6) is 0.0944. The molecule has 0 saturated heterocycles. The van der Waals surface area contributed by atoms with Crippen molar-refractivity contribution in [3.8, 4) is 0 Å². The monoisotopic (exact) mass is 362 g/mol. The summed E-state index contributed by atoms with van der Waals surface area (Å²) in [6.07, 6.45) is -2.63. The highest BCUT2D eigenvalue weighted by Crippen LogP contribution is 2.29. The van der Waals surface area contributed by atoms with Crippen LogP contribution in [0.25, 0.3) is 11.0 Å². The maximum atomic E-state index is 13.3. The molecule has 0 aliphatic rings. The molecule has 1 N–H and O–H groups in total. The molecule has 0 aliphatic carbocycles. The molecule has 138 valence electrons. The van der Waals surface area contributed by atoms with Crippen molar-refractivity contribution in [1.29, 1.82) is 0 Å². The average Bonchev–Trinajstić information content (AvgIpc) is 3.06. The number of alkyl halides is 2. The molecule has 0 unspecified atom stereocenters. The molecule has 0 bridgehead atoms. The lowest BCUT2D eigenvalue weighted by atomic mass is 10.1. The zero-order valence-corrected chi connectivity index (χ0v) is 15.0. The molecule has 26 heavy (non-hydrogen) atoms. The minimum absolute atomic E-state index is 0.117. The normalized spacial score (nSPS) is 11.5. The number of anilines is 1. The van der Waals surface area contributed by atoms with Crippen LogP contribution in [0.1, 0.15) is 36.0 Å². The zero-order valence-electron chi connectivity index (χ0n) is 15.0. The van der Waals surface area contributed by atoms with Crippen molar-refractivity contribution in [1.82, 2.24) is 24.5 Å². The molecule has 3 heterocycles. The van der Waals surface area contributed by atoms with Crippen LogP contribution in [0.15, 0.2) is 12.1 Å². The molecule has 3 rings (SSSR count). The summed E-state index contributed by atoms with van der Waals surface area (Å²) >= 11 is 0. The van der Waals surface area contributed by atoms with Crippen LogP contribution >= 0.6 is 0 Å². The molecule has 1 amide bonds. The predicted molar refractivity (Wildman–Crippen MR) is 93.2 cm³/mol. The Kier molecular flexibility index (Phi) is 4.71. The van der Waals surface area contributed by atoms with Crippen LogP contribution in [0.3, 0.4) is 0 Å². The first-order valence-electron chi connectivity index (χ1n) is 8.27. The number of halogens is 2. The fourth-order valence-corrected chi connectivity index (χ4v) is 3.01. The van der Waals surface area contributed by atoms with Crippen LogP contribution in [0, 0.1) is 20.8 Å². The lowest BCUT2D eigenvalue weighted by molar-refractivity contribution is -0.116. The molecule has 0 radical (unpaired) electrons. The van der Waals surface area contributed by atoms with Gasteiger partial charge in [-0.2, -0.15) is 10.2 Å². The van der Waals surface area contributed by atoms with Gasteiger partial charge in [-0.05, 0) is 33.8 Å². The van der Waals surface area contributed by atoms with E-state index in [0.717, 1.165) is 5.69 Å². The van der Waals surface area contributed by atoms with E-state index in [4.69, 9.17) is 0 Å². The Labute approximate surface area is 149 Å². The maximum Gasteiger partial charge on any atom is 0.264 e. The van der Waals surface area contributed by atoms with E-state index >= 15 is 0 Å². The minimum atomic E-state index is -2.63. The predicted octanol–water partition coefficient (Wildman–Crippen LogP) is 3.15. The molecular formula is C17H20F2N6O. The number of hydrogen-bond acceptors (Lipinski definition) is 4. The van der Waals surface area contributed by atoms with E-state index in [2.05, 4.69) is 20.5 Å². The van der Waals surface area contributed by atoms with E-state index < -0.39 is 6.43 Å². The van der Waals surface area contributed by atoms with Crippen molar-refractivity contribution in [2.45, 2.75) is 47.2 Å². The van der Waals surface area contributed by atoms with Gasteiger partial charge in [0.05, 0.1) is 11.1 Å². The van der Waals surface area contributed by atoms with Gasteiger partial charge in [-0.1, -0.05) is 0 Å². The Balaban J connectivity index is 1.89. The Hall–Kier alpha value is -2.84. The molecule has 0 spiro atoms. The first-order valence-corrected chi connectivity index (χ1v) is 8.27. The lowest BCUT2D eigenvalue weighted by Crippen LogP contribution is -2.20. The van der Waals surface area contributed by atoms with Crippen molar-refractivity contribution in [3.63, 3.8) is 0 Å². The molecule has 7 nitrogen and oxygen atoms in total. The molecular weight excluding hydrogens is 342 g/mol. The average molecular weight is 362 g/mol. The SMILES string of the molecule is CCn1nc(NC(=O)Cn2nc(C)c3c(C(F)F)cc(C)nc32)cc1C. The summed E-state index contributed by atoms with van der Waals surface area (Å²) in [5, 5.41) is 11.5. The number of fused-ring (bicyclic) bond motifs is 1. The molecule has 0 atom stereocenters. The number of amides is 1. The summed E-state index contributed by atoms with van der Waals surface area (Å²) in [6, 6.07) is 3.12. The van der Waals surface area contributed by atoms with Gasteiger partial charge in [0.2, 0.25) is 5.91 Å². The zero-order chi connectivity index (χ0) is 19.0. The van der Waals surface area contributed by atoms with E-state index in [0.29, 0.717) is 29.1 Å². The smallest absolute Gasteiger partial charge is 0.264 e. The second-order valence-electron chi connectivity index (χ2n) is 6.13. The van der Waals surface area contributed by atoms with Crippen LogP contribution in [0.5, 0.6) is 0 Å². The molecule has 0 saturated carbocycles. The summed E-state index contributed by atoms with van der Waals surface area (Å²) in [7, 11) is 0. The van der Waals surface area contributed by atoms with Gasteiger partial charge in [0.25, 0.3) is 6.43 Å². The molecule has 9 heteroatoms. The summed E-state index contributed by atoms with van der Waals surface area (Å²) in [4.78, 5) is 16.6. The lowest BCUT2D eigenvalue weighted by Gasteiger charge is -2.06. The highest BCUT2D eigenvalue weighted by molar-refractivity contribution is 5.91. The van der Waals surface area contributed by atoms with Gasteiger partial charge in [-0.25, -0.2) is 18.4 Å². The van der Waals surface area contributed by atoms with E-state index in [1.165, 1.54) is 10.7 Å². The first kappa shape index (κ1) is 18.0. The van der Waals surface area contributed by atoms with Gasteiger partial charge in [-0.15, -0.1) is 0 Å². The number of hydrogen-bond donors (Lipinski definition) is 1. The topological polar surface area (TPSA) is 77.6 Å². The van der Waals surface area contributed by atoms with Gasteiger partial charge in [-0.3, -0.25) is 9.48 Å². The molecule has 0 fully saturated rings. The fraction of sp³-hybridized carbons (Fsp3) is 0.412. The van der Waals surface area contributed by atoms with Crippen molar-refractivity contribution in [2.75, 3.05) is 5.32 Å². The van der Waals surface area contributed by atoms with Gasteiger partial charge in [0, 0.05) is 29.6 Å². The van der Waals surface area contributed by atoms with E-state index in [9.17, 15) is 13.6 Å². The largest absolute Gasteiger partial charge is 0.308 e. The van der Waals surface area contributed by atoms with Crippen LogP contribution < -0.4 is 5.32 Å². The second-order valence-corrected chi connectivity index (χ2v) is 6.13. The van der Waals surface area contributed by atoms with E-state index in [1.54, 1.807) is 24.6 Å². The third kappa shape index (κ3) is 3.29. The summed E-state index contributed by atoms with van der Waals surface area (Å²) in [6.45, 7) is 7.68. The van der Waals surface area contributed by atoms with Crippen LogP contribution in [0.2, 0.25) is 0 Å². The minimum Gasteiger partial charge on any atom is -0.308 e. The second kappa shape index (κ2) is 6.81. The number of rotatable bonds is 5. The summed E-state index contributed by atoms with van der Waals surface area (Å²) in [5.41, 5.74) is 1.97. The number of carbonyl (C=O) groups is 1. The highest BCUT2D eigenvalue weighted by Gasteiger charge is 2.20. The Bertz CT molecular complexity index is 975. The standard InChI is InChI=1S/C17H20F2N6O/c1-5-24-10(3)7-13(23-24)21-14(26)8-25-17-15(11(4)22-25)12(16(18)19)6-9(2)20-17/h6-7,16H,5,8H2,1-4H3,(H,21,23,26). The van der Waals surface area contributed by atoms with E-state index in [-0.39, 0.29) is 23.7 Å². The van der Waals surface area contributed by atoms with Gasteiger partial charge in [0.15, 0.2) is 11.5 Å². The quantitative estimate of drug-likeness (QED) is 0.756. The Morgan fingerprint density at radius 3 is 2.54 bits per heavy atom. The fourth-order valence-electron chi connectivity index (χ4n) is 3.01. The Morgan fingerprint density at radius 1 is 1.19 bits per heavy atom. The number of aromatic nitrogens is 5. The molecule has 3 aromatic heterocycles. The number of carbonyl (C=O) groups excluding carboxylic acids is 1. The van der Waals surface area contributed by atoms with Crippen molar-refractivity contribution in [3.05, 3.63) is 34.8 Å². The maximum absolute atomic E-state index is 13.3. The van der Waals surface area contributed by atoms with Crippen molar-refractivity contribution >= 4 is 22.8 Å². The molecule has 0 aromatic carbocycles. The number of pyridine rings is 1. The van der Waals surface area contributed by atoms with Gasteiger partial charge >= 0.3 is 0 Å². The number of nitrogens with one attached hydrogen (secondary N) is 1. The van der Waals surface area contributed by atoms with Gasteiger partial charge < -0.3 is 5.32 Å². The van der Waals surface area contributed by atoms with E-state index in [1.807, 2.05) is 13.8 Å². The van der Waals surface area contributed by atoms with Crippen molar-refractivity contribution in [2.24, 2.45) is 0 Å². The van der Waals surface area contributed by atoms with Crippen molar-refractivity contribution < 1.29 is 13.6 Å². The third-order valence-electron chi connectivity index (χ3n) is 4.11. The van der Waals surface area contributed by atoms with Crippen LogP contribution in [-0.2, 0) is 17.9 Å². The number of aryl methyl sites for hydroxylation is 4. The number of nitrogens with zero attached hydrogens (tertiary/aromatic N) is 5. The van der Waals surface area contributed by atoms with Crippen LogP contribution in [0.4, 0.5) is 14.6 Å². The summed E-state index contributed by atoms with van der Waals surface area (Å²) < 4.78 is 29.8. The molecule has 0 aliphatic heterocycles. The molecule has 3 aromatic rings. The highest BCUT2D eigenvalue weighted by atomic mass is 19.3. The Morgan fingerprint density at radius 2 is 1.92 bits per heavy atom. The van der Waals surface area contributed by atoms with Crippen LogP contribution in [-0.4, -0.2) is 30.5 Å². The third-order valence-corrected chi connectivity index (χ3v) is 4.11. The first-order chi connectivity index (χ1) is 12.3.